The maximum Gasteiger partial charge on any atom is 0.0193 e. The third-order valence-electron chi connectivity index (χ3n) is 5.40. The molecule has 18 heavy (non-hydrogen) atoms. The van der Waals surface area contributed by atoms with Crippen LogP contribution in [0, 0.1) is 22.7 Å². The van der Waals surface area contributed by atoms with Crippen LogP contribution in [0.5, 0.6) is 0 Å². The summed E-state index contributed by atoms with van der Waals surface area (Å²) in [6, 6.07) is 0. The summed E-state index contributed by atoms with van der Waals surface area (Å²) in [6.07, 6.45) is 9.29. The van der Waals surface area contributed by atoms with E-state index in [-0.39, 0.29) is 5.54 Å². The molecule has 1 heteroatoms. The molecule has 106 valence electrons. The molecule has 0 heterocycles. The van der Waals surface area contributed by atoms with Crippen molar-refractivity contribution >= 4 is 0 Å². The number of hydrogen-bond donors (Lipinski definition) is 1. The van der Waals surface area contributed by atoms with Crippen LogP contribution in [0.15, 0.2) is 0 Å². The lowest BCUT2D eigenvalue weighted by Crippen LogP contribution is -2.57. The minimum atomic E-state index is 0.103. The van der Waals surface area contributed by atoms with Crippen molar-refractivity contribution in [3.8, 4) is 0 Å². The maximum absolute atomic E-state index is 6.93. The van der Waals surface area contributed by atoms with Crippen LogP contribution < -0.4 is 5.73 Å². The van der Waals surface area contributed by atoms with Gasteiger partial charge in [0.05, 0.1) is 0 Å². The van der Waals surface area contributed by atoms with E-state index in [1.165, 1.54) is 44.9 Å². The minimum Gasteiger partial charge on any atom is -0.325 e. The lowest BCUT2D eigenvalue weighted by molar-refractivity contribution is 0.00439. The zero-order valence-electron chi connectivity index (χ0n) is 13.2. The predicted octanol–water partition coefficient (Wildman–Crippen LogP) is 4.75. The van der Waals surface area contributed by atoms with E-state index in [2.05, 4.69) is 34.6 Å². The van der Waals surface area contributed by atoms with Gasteiger partial charge < -0.3 is 5.73 Å². The van der Waals surface area contributed by atoms with Gasteiger partial charge in [-0.2, -0.15) is 0 Å². The second-order valence-corrected chi connectivity index (χ2v) is 9.05. The van der Waals surface area contributed by atoms with Crippen LogP contribution in [-0.4, -0.2) is 5.54 Å². The van der Waals surface area contributed by atoms with Crippen LogP contribution >= 0.6 is 0 Å². The first-order valence-corrected chi connectivity index (χ1v) is 7.91. The molecule has 0 aromatic rings. The van der Waals surface area contributed by atoms with Crippen molar-refractivity contribution in [3.63, 3.8) is 0 Å². The van der Waals surface area contributed by atoms with E-state index in [9.17, 15) is 0 Å². The summed E-state index contributed by atoms with van der Waals surface area (Å²) in [4.78, 5) is 0. The molecule has 0 aromatic heterocycles. The maximum atomic E-state index is 6.93. The third kappa shape index (κ3) is 3.10. The lowest BCUT2D eigenvalue weighted by Gasteiger charge is -2.54. The van der Waals surface area contributed by atoms with Crippen molar-refractivity contribution in [2.45, 2.75) is 85.1 Å². The number of rotatable bonds is 1. The Morgan fingerprint density at radius 3 is 1.67 bits per heavy atom. The summed E-state index contributed by atoms with van der Waals surface area (Å²) >= 11 is 0. The molecule has 2 saturated carbocycles. The third-order valence-corrected chi connectivity index (χ3v) is 5.40. The summed E-state index contributed by atoms with van der Waals surface area (Å²) in [5.74, 6) is 1.70. The van der Waals surface area contributed by atoms with Gasteiger partial charge in [0.1, 0.15) is 0 Å². The molecule has 2 fully saturated rings. The Morgan fingerprint density at radius 1 is 0.778 bits per heavy atom. The highest BCUT2D eigenvalue weighted by Gasteiger charge is 2.49. The molecule has 0 aliphatic heterocycles. The molecule has 0 atom stereocenters. The standard InChI is InChI=1S/C17H33N/c1-13-6-8-14(9-7-13)17(18)11-15(2,3)10-16(4,5)12-17/h13-14H,6-12,18H2,1-5H3. The van der Waals surface area contributed by atoms with Gasteiger partial charge in [0, 0.05) is 5.54 Å². The SMILES string of the molecule is CC1CCC(C2(N)CC(C)(C)CC(C)(C)C2)CC1. The van der Waals surface area contributed by atoms with Crippen molar-refractivity contribution in [2.75, 3.05) is 0 Å². The van der Waals surface area contributed by atoms with Crippen molar-refractivity contribution in [1.29, 1.82) is 0 Å². The molecule has 1 nitrogen and oxygen atoms in total. The largest absolute Gasteiger partial charge is 0.325 e. The van der Waals surface area contributed by atoms with Gasteiger partial charge in [-0.1, -0.05) is 47.5 Å². The molecular formula is C17H33N. The molecule has 0 amide bonds. The summed E-state index contributed by atoms with van der Waals surface area (Å²) in [7, 11) is 0. The average Bonchev–Trinajstić information content (AvgIpc) is 2.12. The fraction of sp³-hybridized carbons (Fsp3) is 1.00. The monoisotopic (exact) mass is 251 g/mol. The molecule has 2 aliphatic rings. The smallest absolute Gasteiger partial charge is 0.0193 e. The first kappa shape index (κ1) is 14.4. The van der Waals surface area contributed by atoms with Gasteiger partial charge >= 0.3 is 0 Å². The van der Waals surface area contributed by atoms with E-state index >= 15 is 0 Å². The van der Waals surface area contributed by atoms with Crippen LogP contribution in [0.3, 0.4) is 0 Å². The molecule has 2 N–H and O–H groups in total. The van der Waals surface area contributed by atoms with E-state index in [1.807, 2.05) is 0 Å². The highest BCUT2D eigenvalue weighted by atomic mass is 14.8. The molecular weight excluding hydrogens is 218 g/mol. The van der Waals surface area contributed by atoms with Gasteiger partial charge in [0.25, 0.3) is 0 Å². The van der Waals surface area contributed by atoms with Crippen LogP contribution in [-0.2, 0) is 0 Å². The summed E-state index contributed by atoms with van der Waals surface area (Å²) in [5, 5.41) is 0. The van der Waals surface area contributed by atoms with Crippen molar-refractivity contribution in [3.05, 3.63) is 0 Å². The molecule has 0 aromatic carbocycles. The van der Waals surface area contributed by atoms with Crippen molar-refractivity contribution in [1.82, 2.24) is 0 Å². The molecule has 0 radical (unpaired) electrons. The Labute approximate surface area is 114 Å². The van der Waals surface area contributed by atoms with Crippen LogP contribution in [0.4, 0.5) is 0 Å². The fourth-order valence-electron chi connectivity index (χ4n) is 5.39. The highest BCUT2D eigenvalue weighted by molar-refractivity contribution is 5.04. The first-order chi connectivity index (χ1) is 8.12. The summed E-state index contributed by atoms with van der Waals surface area (Å²) < 4.78 is 0. The average molecular weight is 251 g/mol. The topological polar surface area (TPSA) is 26.0 Å². The van der Waals surface area contributed by atoms with Crippen molar-refractivity contribution < 1.29 is 0 Å². The molecule has 2 rings (SSSR count). The molecule has 0 spiro atoms. The predicted molar refractivity (Wildman–Crippen MR) is 79.5 cm³/mol. The summed E-state index contributed by atoms with van der Waals surface area (Å²) in [6.45, 7) is 12.1. The van der Waals surface area contributed by atoms with Crippen LogP contribution in [0.25, 0.3) is 0 Å². The second kappa shape index (κ2) is 4.51. The Bertz CT molecular complexity index is 279. The fourth-order valence-corrected chi connectivity index (χ4v) is 5.39. The van der Waals surface area contributed by atoms with Gasteiger partial charge in [-0.3, -0.25) is 0 Å². The quantitative estimate of drug-likeness (QED) is 0.715. The molecule has 0 saturated heterocycles. The highest BCUT2D eigenvalue weighted by Crippen LogP contribution is 2.53. The molecule has 2 aliphatic carbocycles. The summed E-state index contributed by atoms with van der Waals surface area (Å²) in [5.41, 5.74) is 7.87. The van der Waals surface area contributed by atoms with E-state index in [1.54, 1.807) is 0 Å². The number of nitrogens with two attached hydrogens (primary N) is 1. The van der Waals surface area contributed by atoms with Gasteiger partial charge in [0.2, 0.25) is 0 Å². The second-order valence-electron chi connectivity index (χ2n) is 9.05. The van der Waals surface area contributed by atoms with Gasteiger partial charge in [-0.25, -0.2) is 0 Å². The van der Waals surface area contributed by atoms with Gasteiger partial charge in [0.15, 0.2) is 0 Å². The van der Waals surface area contributed by atoms with Crippen molar-refractivity contribution in [2.24, 2.45) is 28.4 Å². The van der Waals surface area contributed by atoms with Crippen LogP contribution in [0.1, 0.15) is 79.6 Å². The Kier molecular flexibility index (Phi) is 3.60. The van der Waals surface area contributed by atoms with Gasteiger partial charge in [-0.15, -0.1) is 0 Å². The first-order valence-electron chi connectivity index (χ1n) is 7.91. The zero-order chi connectivity index (χ0) is 13.6. The van der Waals surface area contributed by atoms with Crippen LogP contribution in [0.2, 0.25) is 0 Å². The lowest BCUT2D eigenvalue weighted by atomic mass is 9.54. The Hall–Kier alpha value is -0.0400. The molecule has 0 unspecified atom stereocenters. The van der Waals surface area contributed by atoms with E-state index in [4.69, 9.17) is 5.73 Å². The normalized spacial score (nSPS) is 38.3. The zero-order valence-corrected chi connectivity index (χ0v) is 13.2. The minimum absolute atomic E-state index is 0.103. The Balaban J connectivity index is 2.14. The molecule has 0 bridgehead atoms. The van der Waals surface area contributed by atoms with E-state index in [0.29, 0.717) is 10.8 Å². The van der Waals surface area contributed by atoms with Gasteiger partial charge in [-0.05, 0) is 54.8 Å². The van der Waals surface area contributed by atoms with E-state index < -0.39 is 0 Å². The van der Waals surface area contributed by atoms with E-state index in [0.717, 1.165) is 11.8 Å². The number of hydrogen-bond acceptors (Lipinski definition) is 1. The Morgan fingerprint density at radius 2 is 1.22 bits per heavy atom.